The van der Waals surface area contributed by atoms with Crippen LogP contribution in [0, 0.1) is 0 Å². The van der Waals surface area contributed by atoms with Gasteiger partial charge in [-0.15, -0.1) is 0 Å². The summed E-state index contributed by atoms with van der Waals surface area (Å²) in [4.78, 5) is 59.4. The van der Waals surface area contributed by atoms with Crippen molar-refractivity contribution in [1.82, 2.24) is 0 Å². The van der Waals surface area contributed by atoms with Gasteiger partial charge in [0.15, 0.2) is 6.29 Å². The topological polar surface area (TPSA) is 141 Å². The fourth-order valence-electron chi connectivity index (χ4n) is 4.47. The molecule has 3 rings (SSSR count). The third kappa shape index (κ3) is 14.2. The molecule has 0 heterocycles. The molecule has 0 fully saturated rings. The molecule has 0 aliphatic heterocycles. The molecule has 11 heteroatoms. The minimum Gasteiger partial charge on any atom is -0.494 e. The number of unbranched alkanes of at least 4 members (excludes halogenated alkanes) is 6. The van der Waals surface area contributed by atoms with Gasteiger partial charge < -0.3 is 28.4 Å². The van der Waals surface area contributed by atoms with E-state index in [1.54, 1.807) is 48.5 Å². The summed E-state index contributed by atoms with van der Waals surface area (Å²) in [5.41, 5.74) is 0.288. The summed E-state index contributed by atoms with van der Waals surface area (Å²) < 4.78 is 32.2. The van der Waals surface area contributed by atoms with Gasteiger partial charge in [-0.25, -0.2) is 19.2 Å². The second-order valence-electron chi connectivity index (χ2n) is 10.9. The van der Waals surface area contributed by atoms with Crippen LogP contribution in [-0.2, 0) is 19.1 Å². The maximum Gasteiger partial charge on any atom is 0.344 e. The molecule has 0 amide bonds. The molecule has 0 saturated carbocycles. The molecule has 11 nitrogen and oxygen atoms in total. The van der Waals surface area contributed by atoms with Crippen LogP contribution in [0.25, 0.3) is 0 Å². The number of rotatable bonds is 23. The third-order valence-electron chi connectivity index (χ3n) is 7.14. The van der Waals surface area contributed by atoms with Crippen LogP contribution in [0.15, 0.2) is 92.0 Å². The second-order valence-corrected chi connectivity index (χ2v) is 10.9. The van der Waals surface area contributed by atoms with Gasteiger partial charge in [0.25, 0.3) is 0 Å². The van der Waals surface area contributed by atoms with Crippen LogP contribution in [0.1, 0.15) is 82.4 Å². The lowest BCUT2D eigenvalue weighted by atomic mass is 10.1. The van der Waals surface area contributed by atoms with Crippen LogP contribution < -0.4 is 18.9 Å². The number of aldehydes is 1. The molecule has 264 valence electrons. The van der Waals surface area contributed by atoms with Crippen LogP contribution in [0.4, 0.5) is 0 Å². The van der Waals surface area contributed by atoms with E-state index >= 15 is 0 Å². The summed E-state index contributed by atoms with van der Waals surface area (Å²) >= 11 is 0. The Balaban J connectivity index is 1.39. The van der Waals surface area contributed by atoms with Gasteiger partial charge >= 0.3 is 23.9 Å². The summed E-state index contributed by atoms with van der Waals surface area (Å²) in [5, 5.41) is 0. The first-order chi connectivity index (χ1) is 24.3. The zero-order chi connectivity index (χ0) is 36.0. The summed E-state index contributed by atoms with van der Waals surface area (Å²) in [6, 6.07) is 17.1. The minimum atomic E-state index is -0.748. The van der Waals surface area contributed by atoms with E-state index in [-0.39, 0.29) is 28.2 Å². The first-order valence-electron chi connectivity index (χ1n) is 16.4. The van der Waals surface area contributed by atoms with Gasteiger partial charge in [0.1, 0.15) is 23.0 Å². The van der Waals surface area contributed by atoms with Crippen molar-refractivity contribution >= 4 is 30.2 Å². The molecule has 50 heavy (non-hydrogen) atoms. The molecule has 0 atom stereocenters. The standard InChI is InChI=1S/C39H42O11/c1-3-36(41)47-25-11-7-5-9-23-45-31-15-13-29(14-16-31)38(43)50-34-21-22-35(30(27-34)28-40)39(44)49-33-19-17-32(18-20-33)46-24-10-6-8-12-26-48-37(42)4-2/h3-4,13-22,27-28H,1-2,5-12,23-26H2. The van der Waals surface area contributed by atoms with Crippen molar-refractivity contribution in [3.05, 3.63) is 109 Å². The van der Waals surface area contributed by atoms with Gasteiger partial charge in [0.05, 0.1) is 37.6 Å². The monoisotopic (exact) mass is 686 g/mol. The Labute approximate surface area is 291 Å². The molecule has 0 spiro atoms. The molecule has 0 saturated heterocycles. The predicted molar refractivity (Wildman–Crippen MR) is 185 cm³/mol. The summed E-state index contributed by atoms with van der Waals surface area (Å²) in [5.74, 6) is -0.666. The Kier molecular flexibility index (Phi) is 17.1. The normalized spacial score (nSPS) is 10.3. The van der Waals surface area contributed by atoms with Crippen LogP contribution >= 0.6 is 0 Å². The molecule has 0 aliphatic carbocycles. The SMILES string of the molecule is C=CC(=O)OCCCCCCOc1ccc(OC(=O)c2ccc(OC(=O)c3ccc(OCCCCCCOC(=O)C=C)cc3)cc2C=O)cc1. The first kappa shape index (κ1) is 38.7. The van der Waals surface area contributed by atoms with E-state index in [0.717, 1.165) is 63.5 Å². The fraction of sp³-hybridized carbons (Fsp3) is 0.308. The van der Waals surface area contributed by atoms with Gasteiger partial charge in [0.2, 0.25) is 0 Å². The van der Waals surface area contributed by atoms with Crippen molar-refractivity contribution in [2.24, 2.45) is 0 Å². The van der Waals surface area contributed by atoms with Crippen LogP contribution in [0.5, 0.6) is 23.0 Å². The quantitative estimate of drug-likeness (QED) is 0.0327. The van der Waals surface area contributed by atoms with Gasteiger partial charge in [-0.05, 0) is 118 Å². The Morgan fingerprint density at radius 3 is 1.46 bits per heavy atom. The lowest BCUT2D eigenvalue weighted by molar-refractivity contribution is -0.138. The maximum absolute atomic E-state index is 12.8. The van der Waals surface area contributed by atoms with Crippen molar-refractivity contribution < 1.29 is 52.4 Å². The molecule has 0 N–H and O–H groups in total. The van der Waals surface area contributed by atoms with Crippen molar-refractivity contribution in [3.63, 3.8) is 0 Å². The van der Waals surface area contributed by atoms with E-state index in [2.05, 4.69) is 13.2 Å². The third-order valence-corrected chi connectivity index (χ3v) is 7.14. The fourth-order valence-corrected chi connectivity index (χ4v) is 4.47. The number of carbonyl (C=O) groups excluding carboxylic acids is 5. The molecule has 3 aromatic carbocycles. The van der Waals surface area contributed by atoms with Crippen LogP contribution in [-0.4, -0.2) is 56.6 Å². The largest absolute Gasteiger partial charge is 0.494 e. The number of carbonyl (C=O) groups is 5. The number of ether oxygens (including phenoxy) is 6. The van der Waals surface area contributed by atoms with E-state index in [9.17, 15) is 24.0 Å². The van der Waals surface area contributed by atoms with Gasteiger partial charge in [-0.3, -0.25) is 4.79 Å². The van der Waals surface area contributed by atoms with Crippen LogP contribution in [0.2, 0.25) is 0 Å². The van der Waals surface area contributed by atoms with E-state index in [0.29, 0.717) is 44.2 Å². The van der Waals surface area contributed by atoms with Crippen molar-refractivity contribution in [2.45, 2.75) is 51.4 Å². The molecular weight excluding hydrogens is 644 g/mol. The highest BCUT2D eigenvalue weighted by Crippen LogP contribution is 2.23. The number of hydrogen-bond acceptors (Lipinski definition) is 11. The number of esters is 4. The molecule has 0 bridgehead atoms. The molecule has 0 radical (unpaired) electrons. The van der Waals surface area contributed by atoms with Crippen LogP contribution in [0.3, 0.4) is 0 Å². The Hall–Kier alpha value is -5.71. The highest BCUT2D eigenvalue weighted by molar-refractivity contribution is 6.00. The average molecular weight is 687 g/mol. The zero-order valence-corrected chi connectivity index (χ0v) is 28.0. The summed E-state index contributed by atoms with van der Waals surface area (Å²) in [7, 11) is 0. The average Bonchev–Trinajstić information content (AvgIpc) is 3.14. The number of benzene rings is 3. The van der Waals surface area contributed by atoms with Crippen molar-refractivity contribution in [1.29, 1.82) is 0 Å². The van der Waals surface area contributed by atoms with Crippen molar-refractivity contribution in [2.75, 3.05) is 26.4 Å². The van der Waals surface area contributed by atoms with Gasteiger partial charge in [-0.2, -0.15) is 0 Å². The molecule has 0 aliphatic rings. The smallest absolute Gasteiger partial charge is 0.344 e. The maximum atomic E-state index is 12.8. The molecule has 3 aromatic rings. The van der Waals surface area contributed by atoms with E-state index < -0.39 is 23.9 Å². The van der Waals surface area contributed by atoms with Gasteiger partial charge in [-0.1, -0.05) is 13.2 Å². The van der Waals surface area contributed by atoms with E-state index in [4.69, 9.17) is 28.4 Å². The first-order valence-corrected chi connectivity index (χ1v) is 16.4. The summed E-state index contributed by atoms with van der Waals surface area (Å²) in [6.45, 7) is 8.45. The minimum absolute atomic E-state index is 0.000599. The second kappa shape index (κ2) is 22.0. The predicted octanol–water partition coefficient (Wildman–Crippen LogP) is 7.27. The lowest BCUT2D eigenvalue weighted by Crippen LogP contribution is -2.13. The Bertz CT molecular complexity index is 1580. The van der Waals surface area contributed by atoms with E-state index in [1.165, 1.54) is 18.2 Å². The highest BCUT2D eigenvalue weighted by atomic mass is 16.5. The molecule has 0 aromatic heterocycles. The van der Waals surface area contributed by atoms with Gasteiger partial charge in [0, 0.05) is 17.7 Å². The Morgan fingerprint density at radius 1 is 0.520 bits per heavy atom. The lowest BCUT2D eigenvalue weighted by Gasteiger charge is -2.10. The molecule has 0 unspecified atom stereocenters. The highest BCUT2D eigenvalue weighted by Gasteiger charge is 2.17. The summed E-state index contributed by atoms with van der Waals surface area (Å²) in [6.07, 6.45) is 9.61. The number of hydrogen-bond donors (Lipinski definition) is 0. The zero-order valence-electron chi connectivity index (χ0n) is 28.0. The molecular formula is C39H42O11. The van der Waals surface area contributed by atoms with E-state index in [1.807, 2.05) is 0 Å². The Morgan fingerprint density at radius 2 is 0.960 bits per heavy atom. The van der Waals surface area contributed by atoms with Crippen molar-refractivity contribution in [3.8, 4) is 23.0 Å².